The molecular weight excluding hydrogens is 212 g/mol. The molecular formula is C14H20N2O. The second-order valence-electron chi connectivity index (χ2n) is 4.54. The van der Waals surface area contributed by atoms with Gasteiger partial charge in [-0.2, -0.15) is 0 Å². The van der Waals surface area contributed by atoms with Gasteiger partial charge in [0.15, 0.2) is 0 Å². The van der Waals surface area contributed by atoms with Gasteiger partial charge >= 0.3 is 0 Å². The molecule has 0 radical (unpaired) electrons. The SMILES string of the molecule is CCCC(NCC)c1ccc2c(c1)CC(=O)N2. The van der Waals surface area contributed by atoms with E-state index in [1.807, 2.05) is 6.07 Å². The summed E-state index contributed by atoms with van der Waals surface area (Å²) in [6.45, 7) is 5.29. The first-order valence-corrected chi connectivity index (χ1v) is 6.40. The van der Waals surface area contributed by atoms with Crippen LogP contribution in [0.1, 0.15) is 43.9 Å². The third-order valence-corrected chi connectivity index (χ3v) is 3.18. The van der Waals surface area contributed by atoms with Crippen molar-refractivity contribution in [1.82, 2.24) is 5.32 Å². The molecule has 1 aliphatic rings. The van der Waals surface area contributed by atoms with E-state index in [0.717, 1.165) is 30.6 Å². The Balaban J connectivity index is 2.21. The summed E-state index contributed by atoms with van der Waals surface area (Å²) in [5.74, 6) is 0.104. The summed E-state index contributed by atoms with van der Waals surface area (Å²) in [5.41, 5.74) is 3.40. The molecule has 1 heterocycles. The molecule has 0 aliphatic carbocycles. The van der Waals surface area contributed by atoms with Crippen LogP contribution >= 0.6 is 0 Å². The normalized spacial score (nSPS) is 15.5. The van der Waals surface area contributed by atoms with Gasteiger partial charge < -0.3 is 10.6 Å². The third-order valence-electron chi connectivity index (χ3n) is 3.18. The molecule has 1 atom stereocenters. The summed E-state index contributed by atoms with van der Waals surface area (Å²) >= 11 is 0. The molecule has 1 aromatic rings. The molecule has 1 amide bonds. The predicted octanol–water partition coefficient (Wildman–Crippen LogP) is 2.63. The Bertz CT molecular complexity index is 409. The lowest BCUT2D eigenvalue weighted by Crippen LogP contribution is -2.20. The van der Waals surface area contributed by atoms with E-state index >= 15 is 0 Å². The molecule has 2 rings (SSSR count). The lowest BCUT2D eigenvalue weighted by molar-refractivity contribution is -0.115. The van der Waals surface area contributed by atoms with E-state index in [-0.39, 0.29) is 5.91 Å². The van der Waals surface area contributed by atoms with Crippen LogP contribution in [0, 0.1) is 0 Å². The van der Waals surface area contributed by atoms with Crippen LogP contribution in [0.5, 0.6) is 0 Å². The monoisotopic (exact) mass is 232 g/mol. The van der Waals surface area contributed by atoms with E-state index in [1.165, 1.54) is 5.56 Å². The number of anilines is 1. The number of benzene rings is 1. The first kappa shape index (κ1) is 12.1. The van der Waals surface area contributed by atoms with Crippen molar-refractivity contribution in [3.8, 4) is 0 Å². The number of rotatable bonds is 5. The van der Waals surface area contributed by atoms with E-state index in [2.05, 4.69) is 36.6 Å². The maximum atomic E-state index is 11.3. The minimum Gasteiger partial charge on any atom is -0.326 e. The molecule has 0 saturated carbocycles. The Hall–Kier alpha value is -1.35. The van der Waals surface area contributed by atoms with Crippen molar-refractivity contribution in [2.45, 2.75) is 39.2 Å². The first-order chi connectivity index (χ1) is 8.24. The van der Waals surface area contributed by atoms with Gasteiger partial charge in [0.25, 0.3) is 0 Å². The number of hydrogen-bond donors (Lipinski definition) is 2. The molecule has 1 unspecified atom stereocenters. The maximum absolute atomic E-state index is 11.3. The maximum Gasteiger partial charge on any atom is 0.228 e. The summed E-state index contributed by atoms with van der Waals surface area (Å²) in [5, 5.41) is 6.37. The van der Waals surface area contributed by atoms with Gasteiger partial charge in [0.05, 0.1) is 6.42 Å². The fourth-order valence-corrected chi connectivity index (χ4v) is 2.39. The fourth-order valence-electron chi connectivity index (χ4n) is 2.39. The zero-order valence-electron chi connectivity index (χ0n) is 10.5. The van der Waals surface area contributed by atoms with Crippen molar-refractivity contribution >= 4 is 11.6 Å². The van der Waals surface area contributed by atoms with Gasteiger partial charge in [0.1, 0.15) is 0 Å². The van der Waals surface area contributed by atoms with Gasteiger partial charge in [0, 0.05) is 11.7 Å². The Morgan fingerprint density at radius 2 is 2.24 bits per heavy atom. The molecule has 0 saturated heterocycles. The van der Waals surface area contributed by atoms with Gasteiger partial charge in [-0.1, -0.05) is 32.4 Å². The van der Waals surface area contributed by atoms with E-state index in [4.69, 9.17) is 0 Å². The molecule has 1 aromatic carbocycles. The molecule has 0 fully saturated rings. The molecule has 92 valence electrons. The average molecular weight is 232 g/mol. The summed E-state index contributed by atoms with van der Waals surface area (Å²) in [6, 6.07) is 6.71. The van der Waals surface area contributed by atoms with Gasteiger partial charge in [-0.05, 0) is 30.2 Å². The highest BCUT2D eigenvalue weighted by molar-refractivity contribution is 5.99. The topological polar surface area (TPSA) is 41.1 Å². The van der Waals surface area contributed by atoms with Crippen molar-refractivity contribution in [3.63, 3.8) is 0 Å². The van der Waals surface area contributed by atoms with Crippen molar-refractivity contribution in [1.29, 1.82) is 0 Å². The Kier molecular flexibility index (Phi) is 3.79. The van der Waals surface area contributed by atoms with Crippen molar-refractivity contribution < 1.29 is 4.79 Å². The number of fused-ring (bicyclic) bond motifs is 1. The molecule has 0 aromatic heterocycles. The molecule has 0 bridgehead atoms. The van der Waals surface area contributed by atoms with Gasteiger partial charge in [-0.15, -0.1) is 0 Å². The second-order valence-corrected chi connectivity index (χ2v) is 4.54. The first-order valence-electron chi connectivity index (χ1n) is 6.40. The minimum atomic E-state index is 0.104. The van der Waals surface area contributed by atoms with Crippen LogP contribution in [0.15, 0.2) is 18.2 Å². The molecule has 2 N–H and O–H groups in total. The number of carbonyl (C=O) groups is 1. The van der Waals surface area contributed by atoms with Gasteiger partial charge in [-0.3, -0.25) is 4.79 Å². The average Bonchev–Trinajstić information content (AvgIpc) is 2.67. The lowest BCUT2D eigenvalue weighted by atomic mass is 9.99. The summed E-state index contributed by atoms with van der Waals surface area (Å²) < 4.78 is 0. The van der Waals surface area contributed by atoms with Crippen LogP contribution in [0.2, 0.25) is 0 Å². The van der Waals surface area contributed by atoms with Gasteiger partial charge in [-0.25, -0.2) is 0 Å². The van der Waals surface area contributed by atoms with Crippen LogP contribution in [0.4, 0.5) is 5.69 Å². The van der Waals surface area contributed by atoms with Crippen LogP contribution in [-0.4, -0.2) is 12.5 Å². The largest absolute Gasteiger partial charge is 0.326 e. The molecule has 3 nitrogen and oxygen atoms in total. The van der Waals surface area contributed by atoms with Crippen molar-refractivity contribution in [2.24, 2.45) is 0 Å². The summed E-state index contributed by atoms with van der Waals surface area (Å²) in [7, 11) is 0. The predicted molar refractivity (Wildman–Crippen MR) is 70.1 cm³/mol. The van der Waals surface area contributed by atoms with E-state index in [1.54, 1.807) is 0 Å². The molecule has 17 heavy (non-hydrogen) atoms. The Morgan fingerprint density at radius 3 is 2.94 bits per heavy atom. The van der Waals surface area contributed by atoms with Crippen molar-refractivity contribution in [2.75, 3.05) is 11.9 Å². The van der Waals surface area contributed by atoms with Crippen molar-refractivity contribution in [3.05, 3.63) is 29.3 Å². The standard InChI is InChI=1S/C14H20N2O/c1-3-5-12(15-4-2)10-6-7-13-11(8-10)9-14(17)16-13/h6-8,12,15H,3-5,9H2,1-2H3,(H,16,17). The number of amides is 1. The highest BCUT2D eigenvalue weighted by Crippen LogP contribution is 2.27. The molecule has 0 spiro atoms. The molecule has 3 heteroatoms. The van der Waals surface area contributed by atoms with E-state index < -0.39 is 0 Å². The fraction of sp³-hybridized carbons (Fsp3) is 0.500. The van der Waals surface area contributed by atoms with E-state index in [9.17, 15) is 4.79 Å². The summed E-state index contributed by atoms with van der Waals surface area (Å²) in [4.78, 5) is 11.3. The molecule has 1 aliphatic heterocycles. The number of hydrogen-bond acceptors (Lipinski definition) is 2. The van der Waals surface area contributed by atoms with Crippen LogP contribution in [0.3, 0.4) is 0 Å². The third kappa shape index (κ3) is 2.67. The Morgan fingerprint density at radius 1 is 1.41 bits per heavy atom. The highest BCUT2D eigenvalue weighted by Gasteiger charge is 2.19. The van der Waals surface area contributed by atoms with Crippen LogP contribution < -0.4 is 10.6 Å². The van der Waals surface area contributed by atoms with Crippen LogP contribution in [0.25, 0.3) is 0 Å². The van der Waals surface area contributed by atoms with E-state index in [0.29, 0.717) is 12.5 Å². The zero-order chi connectivity index (χ0) is 12.3. The quantitative estimate of drug-likeness (QED) is 0.819. The number of carbonyl (C=O) groups excluding carboxylic acids is 1. The number of nitrogens with one attached hydrogen (secondary N) is 2. The second kappa shape index (κ2) is 5.32. The zero-order valence-corrected chi connectivity index (χ0v) is 10.5. The summed E-state index contributed by atoms with van der Waals surface area (Å²) in [6.07, 6.45) is 2.81. The lowest BCUT2D eigenvalue weighted by Gasteiger charge is -2.18. The van der Waals surface area contributed by atoms with Crippen LogP contribution in [-0.2, 0) is 11.2 Å². The Labute approximate surface area is 103 Å². The highest BCUT2D eigenvalue weighted by atomic mass is 16.1. The minimum absolute atomic E-state index is 0.104. The smallest absolute Gasteiger partial charge is 0.228 e. The van der Waals surface area contributed by atoms with Gasteiger partial charge in [0.2, 0.25) is 5.91 Å².